The van der Waals surface area contributed by atoms with Crippen molar-refractivity contribution in [2.24, 2.45) is 0 Å². The zero-order valence-electron chi connectivity index (χ0n) is 19.0. The van der Waals surface area contributed by atoms with E-state index < -0.39 is 0 Å². The molecule has 0 aliphatic carbocycles. The number of benzene rings is 2. The summed E-state index contributed by atoms with van der Waals surface area (Å²) >= 11 is 0. The van der Waals surface area contributed by atoms with Crippen LogP contribution in [0, 0.1) is 0 Å². The van der Waals surface area contributed by atoms with Crippen molar-refractivity contribution in [3.8, 4) is 34.2 Å². The number of rotatable bonds is 6. The molecule has 3 aromatic rings. The summed E-state index contributed by atoms with van der Waals surface area (Å²) in [5.74, 6) is 3.32. The highest BCUT2D eigenvalue weighted by Gasteiger charge is 2.25. The highest BCUT2D eigenvalue weighted by atomic mass is 16.5. The maximum atomic E-state index is 5.60. The first-order chi connectivity index (χ1) is 15.1. The molecule has 1 N–H and O–H groups in total. The molecule has 0 radical (unpaired) electrons. The highest BCUT2D eigenvalue weighted by Crippen LogP contribution is 2.43. The molecule has 6 heteroatoms. The number of hydrogen-bond donors (Lipinski definition) is 1. The van der Waals surface area contributed by atoms with Crippen LogP contribution in [-0.4, -0.2) is 37.7 Å². The lowest BCUT2D eigenvalue weighted by Crippen LogP contribution is -2.09. The largest absolute Gasteiger partial charge is 0.493 e. The van der Waals surface area contributed by atoms with E-state index in [2.05, 4.69) is 48.1 Å². The molecule has 164 valence electrons. The second-order valence-corrected chi connectivity index (χ2v) is 8.10. The molecule has 0 saturated heterocycles. The quantitative estimate of drug-likeness (QED) is 0.575. The summed E-state index contributed by atoms with van der Waals surface area (Å²) in [7, 11) is 4.90. The average Bonchev–Trinajstić information content (AvgIpc) is 2.98. The fourth-order valence-corrected chi connectivity index (χ4v) is 4.30. The third-order valence-electron chi connectivity index (χ3n) is 5.85. The molecule has 2 heterocycles. The van der Waals surface area contributed by atoms with Crippen LogP contribution in [0.3, 0.4) is 0 Å². The molecule has 0 spiro atoms. The fraction of sp³-hybridized carbons (Fsp3) is 0.400. The van der Waals surface area contributed by atoms with Gasteiger partial charge in [-0.15, -0.1) is 0 Å². The Morgan fingerprint density at radius 1 is 0.968 bits per heavy atom. The van der Waals surface area contributed by atoms with Gasteiger partial charge < -0.3 is 19.5 Å². The van der Waals surface area contributed by atoms with E-state index in [-0.39, 0.29) is 0 Å². The van der Waals surface area contributed by atoms with Gasteiger partial charge in [0.2, 0.25) is 5.75 Å². The Bertz CT molecular complexity index is 1050. The van der Waals surface area contributed by atoms with Crippen molar-refractivity contribution >= 4 is 5.82 Å². The first-order valence-electron chi connectivity index (χ1n) is 10.8. The summed E-state index contributed by atoms with van der Waals surface area (Å²) in [6.45, 7) is 5.38. The van der Waals surface area contributed by atoms with Gasteiger partial charge in [-0.25, -0.2) is 4.68 Å². The summed E-state index contributed by atoms with van der Waals surface area (Å²) in [4.78, 5) is 0. The molecule has 6 nitrogen and oxygen atoms in total. The number of nitrogens with zero attached hydrogens (tertiary/aromatic N) is 2. The molecular formula is C25H31N3O3. The van der Waals surface area contributed by atoms with E-state index >= 15 is 0 Å². The van der Waals surface area contributed by atoms with Gasteiger partial charge in [0.05, 0.1) is 32.7 Å². The van der Waals surface area contributed by atoms with Gasteiger partial charge in [-0.1, -0.05) is 32.0 Å². The van der Waals surface area contributed by atoms with Crippen LogP contribution in [-0.2, 0) is 6.42 Å². The number of para-hydroxylation sites is 1. The summed E-state index contributed by atoms with van der Waals surface area (Å²) in [5, 5.41) is 8.77. The van der Waals surface area contributed by atoms with Crippen LogP contribution in [0.25, 0.3) is 16.9 Å². The fourth-order valence-electron chi connectivity index (χ4n) is 4.30. The number of anilines is 1. The Kier molecular flexibility index (Phi) is 6.07. The molecule has 4 rings (SSSR count). The normalized spacial score (nSPS) is 13.4. The zero-order chi connectivity index (χ0) is 22.0. The van der Waals surface area contributed by atoms with Crippen molar-refractivity contribution in [2.45, 2.75) is 39.0 Å². The SMILES string of the molecule is COc1cc(-c2nn(-c3ccccc3C(C)C)c3c2CCCCN3)cc(OC)c1OC. The van der Waals surface area contributed by atoms with Gasteiger partial charge in [0.25, 0.3) is 0 Å². The molecule has 0 fully saturated rings. The van der Waals surface area contributed by atoms with Crippen LogP contribution in [0.2, 0.25) is 0 Å². The lowest BCUT2D eigenvalue weighted by atomic mass is 10.0. The molecule has 31 heavy (non-hydrogen) atoms. The minimum absolute atomic E-state index is 0.395. The van der Waals surface area contributed by atoms with Crippen LogP contribution >= 0.6 is 0 Å². The summed E-state index contributed by atoms with van der Waals surface area (Å²) in [6.07, 6.45) is 3.22. The van der Waals surface area contributed by atoms with Gasteiger partial charge in [-0.3, -0.25) is 0 Å². The van der Waals surface area contributed by atoms with Crippen molar-refractivity contribution < 1.29 is 14.2 Å². The van der Waals surface area contributed by atoms with E-state index in [9.17, 15) is 0 Å². The molecule has 0 unspecified atom stereocenters. The Hall–Kier alpha value is -3.15. The van der Waals surface area contributed by atoms with Crippen LogP contribution in [0.1, 0.15) is 43.7 Å². The molecule has 1 aliphatic heterocycles. The zero-order valence-corrected chi connectivity index (χ0v) is 19.0. The number of methoxy groups -OCH3 is 3. The van der Waals surface area contributed by atoms with Gasteiger partial charge in [-0.05, 0) is 48.9 Å². The first-order valence-corrected chi connectivity index (χ1v) is 10.8. The summed E-state index contributed by atoms with van der Waals surface area (Å²) < 4.78 is 18.8. The van der Waals surface area contributed by atoms with E-state index in [4.69, 9.17) is 19.3 Å². The van der Waals surface area contributed by atoms with Gasteiger partial charge >= 0.3 is 0 Å². The van der Waals surface area contributed by atoms with Gasteiger partial charge in [0.15, 0.2) is 11.5 Å². The molecule has 1 aromatic heterocycles. The van der Waals surface area contributed by atoms with E-state index in [1.807, 2.05) is 12.1 Å². The van der Waals surface area contributed by atoms with Crippen LogP contribution in [0.5, 0.6) is 17.2 Å². The third kappa shape index (κ3) is 3.82. The molecular weight excluding hydrogens is 390 g/mol. The van der Waals surface area contributed by atoms with Gasteiger partial charge in [0, 0.05) is 17.7 Å². The van der Waals surface area contributed by atoms with Crippen molar-refractivity contribution in [1.82, 2.24) is 9.78 Å². The molecule has 2 aromatic carbocycles. The van der Waals surface area contributed by atoms with Crippen molar-refractivity contribution in [3.05, 3.63) is 47.5 Å². The molecule has 0 saturated carbocycles. The molecule has 1 aliphatic rings. The van der Waals surface area contributed by atoms with Crippen molar-refractivity contribution in [3.63, 3.8) is 0 Å². The summed E-state index contributed by atoms with van der Waals surface area (Å²) in [6, 6.07) is 12.5. The predicted octanol–water partition coefficient (Wildman–Crippen LogP) is 5.44. The lowest BCUT2D eigenvalue weighted by Gasteiger charge is -2.15. The van der Waals surface area contributed by atoms with Gasteiger partial charge in [-0.2, -0.15) is 5.10 Å². The van der Waals surface area contributed by atoms with E-state index in [0.29, 0.717) is 23.2 Å². The maximum Gasteiger partial charge on any atom is 0.203 e. The highest BCUT2D eigenvalue weighted by molar-refractivity contribution is 5.75. The first kappa shape index (κ1) is 21.1. The molecule has 0 bridgehead atoms. The Morgan fingerprint density at radius 2 is 1.68 bits per heavy atom. The average molecular weight is 422 g/mol. The summed E-state index contributed by atoms with van der Waals surface area (Å²) in [5.41, 5.74) is 5.51. The number of aromatic nitrogens is 2. The second kappa shape index (κ2) is 8.92. The number of ether oxygens (including phenoxy) is 3. The molecule has 0 atom stereocenters. The number of fused-ring (bicyclic) bond motifs is 1. The Labute approximate surface area is 184 Å². The topological polar surface area (TPSA) is 57.5 Å². The van der Waals surface area contributed by atoms with E-state index in [1.165, 1.54) is 11.1 Å². The van der Waals surface area contributed by atoms with Crippen LogP contribution < -0.4 is 19.5 Å². The van der Waals surface area contributed by atoms with Crippen molar-refractivity contribution in [1.29, 1.82) is 0 Å². The van der Waals surface area contributed by atoms with E-state index in [1.54, 1.807) is 21.3 Å². The number of hydrogen-bond acceptors (Lipinski definition) is 5. The minimum atomic E-state index is 0.395. The second-order valence-electron chi connectivity index (χ2n) is 8.10. The van der Waals surface area contributed by atoms with E-state index in [0.717, 1.165) is 48.6 Å². The Morgan fingerprint density at radius 3 is 2.32 bits per heavy atom. The van der Waals surface area contributed by atoms with Crippen LogP contribution in [0.4, 0.5) is 5.82 Å². The lowest BCUT2D eigenvalue weighted by molar-refractivity contribution is 0.324. The monoisotopic (exact) mass is 421 g/mol. The van der Waals surface area contributed by atoms with Crippen LogP contribution in [0.15, 0.2) is 36.4 Å². The predicted molar refractivity (Wildman–Crippen MR) is 124 cm³/mol. The molecule has 0 amide bonds. The number of nitrogens with one attached hydrogen (secondary N) is 1. The maximum absolute atomic E-state index is 5.60. The smallest absolute Gasteiger partial charge is 0.203 e. The standard InChI is InChI=1S/C25H31N3O3/c1-16(2)18-10-6-7-12-20(18)28-25-19(11-8-9-13-26-25)23(27-28)17-14-21(29-3)24(31-5)22(15-17)30-4/h6-7,10,12,14-16,26H,8-9,11,13H2,1-5H3. The third-order valence-corrected chi connectivity index (χ3v) is 5.85. The van der Waals surface area contributed by atoms with Crippen molar-refractivity contribution in [2.75, 3.05) is 33.2 Å². The Balaban J connectivity index is 1.95. The minimum Gasteiger partial charge on any atom is -0.493 e. The van der Waals surface area contributed by atoms with Gasteiger partial charge in [0.1, 0.15) is 5.82 Å².